The summed E-state index contributed by atoms with van der Waals surface area (Å²) < 4.78 is 0. The molecule has 1 saturated heterocycles. The number of nitrogens with zero attached hydrogens (tertiary/aromatic N) is 1. The lowest BCUT2D eigenvalue weighted by Gasteiger charge is -2.50. The van der Waals surface area contributed by atoms with E-state index in [9.17, 15) is 14.7 Å². The molecule has 150 valence electrons. The summed E-state index contributed by atoms with van der Waals surface area (Å²) in [6.07, 6.45) is 4.25. The molecule has 7 N–H and O–H groups in total. The zero-order valence-corrected chi connectivity index (χ0v) is 16.1. The monoisotopic (exact) mass is 391 g/mol. The van der Waals surface area contributed by atoms with Crippen molar-refractivity contribution in [2.75, 3.05) is 6.54 Å². The first-order valence-corrected chi connectivity index (χ1v) is 9.08. The van der Waals surface area contributed by atoms with Crippen LogP contribution in [0.3, 0.4) is 0 Å². The number of carboxylic acids is 1. The van der Waals surface area contributed by atoms with E-state index in [0.29, 0.717) is 38.6 Å². The van der Waals surface area contributed by atoms with Crippen molar-refractivity contribution in [1.82, 2.24) is 4.90 Å². The standard InChI is InChI=1S/C16H30BN3O5.ClH/c1-11(18)13(21)20-9-3-5-15(20)6-7-16(19,14(22)23)12(10-15)4-2-8-17(24)25;/h11-12,24-25H,2-10,18-19H2,1H3,(H,22,23);1H. The average Bonchev–Trinajstić information content (AvgIpc) is 2.93. The molecule has 2 aliphatic rings. The highest BCUT2D eigenvalue weighted by molar-refractivity contribution is 6.40. The van der Waals surface area contributed by atoms with Crippen LogP contribution >= 0.6 is 12.4 Å². The highest BCUT2D eigenvalue weighted by atomic mass is 35.5. The first-order valence-electron chi connectivity index (χ1n) is 9.08. The molecule has 1 amide bonds. The Morgan fingerprint density at radius 1 is 1.31 bits per heavy atom. The lowest BCUT2D eigenvalue weighted by atomic mass is 9.63. The van der Waals surface area contributed by atoms with Crippen LogP contribution < -0.4 is 11.5 Å². The minimum absolute atomic E-state index is 0. The zero-order valence-electron chi connectivity index (χ0n) is 15.3. The summed E-state index contributed by atoms with van der Waals surface area (Å²) in [5.74, 6) is -1.44. The number of hydrogen-bond donors (Lipinski definition) is 5. The molecule has 26 heavy (non-hydrogen) atoms. The Morgan fingerprint density at radius 2 is 1.96 bits per heavy atom. The molecule has 0 bridgehead atoms. The van der Waals surface area contributed by atoms with Gasteiger partial charge in [0, 0.05) is 12.1 Å². The molecular formula is C16H31BClN3O5. The Kier molecular flexibility index (Phi) is 7.92. The number of hydrogen-bond acceptors (Lipinski definition) is 6. The molecule has 8 nitrogen and oxygen atoms in total. The summed E-state index contributed by atoms with van der Waals surface area (Å²) in [6, 6.07) is -0.581. The summed E-state index contributed by atoms with van der Waals surface area (Å²) in [7, 11) is -1.41. The largest absolute Gasteiger partial charge is 0.480 e. The van der Waals surface area contributed by atoms with Gasteiger partial charge < -0.3 is 31.5 Å². The quantitative estimate of drug-likeness (QED) is 0.398. The van der Waals surface area contributed by atoms with Crippen LogP contribution in [0, 0.1) is 5.92 Å². The van der Waals surface area contributed by atoms with Gasteiger partial charge in [-0.25, -0.2) is 0 Å². The van der Waals surface area contributed by atoms with Crippen LogP contribution in [-0.4, -0.2) is 62.7 Å². The van der Waals surface area contributed by atoms with Gasteiger partial charge in [0.1, 0.15) is 5.54 Å². The maximum absolute atomic E-state index is 12.5. The second-order valence-corrected chi connectivity index (χ2v) is 7.76. The van der Waals surface area contributed by atoms with E-state index in [4.69, 9.17) is 21.5 Å². The summed E-state index contributed by atoms with van der Waals surface area (Å²) in [4.78, 5) is 26.1. The number of likely N-dealkylation sites (tertiary alicyclic amines) is 1. The topological polar surface area (TPSA) is 150 Å². The van der Waals surface area contributed by atoms with Crippen molar-refractivity contribution in [3.8, 4) is 0 Å². The molecule has 1 heterocycles. The number of aliphatic carboxylic acids is 1. The molecule has 1 spiro atoms. The Labute approximate surface area is 160 Å². The Hall–Kier alpha value is -0.865. The van der Waals surface area contributed by atoms with Crippen molar-refractivity contribution in [2.45, 2.75) is 75.3 Å². The van der Waals surface area contributed by atoms with Gasteiger partial charge in [-0.3, -0.25) is 9.59 Å². The lowest BCUT2D eigenvalue weighted by molar-refractivity contribution is -0.151. The zero-order chi connectivity index (χ0) is 18.8. The average molecular weight is 392 g/mol. The molecule has 0 aromatic carbocycles. The SMILES string of the molecule is CC(N)C(=O)N1CCCC12CCC(N)(C(=O)O)C(CCCB(O)O)C2.Cl. The Morgan fingerprint density at radius 3 is 2.50 bits per heavy atom. The van der Waals surface area contributed by atoms with Gasteiger partial charge >= 0.3 is 13.1 Å². The molecule has 10 heteroatoms. The van der Waals surface area contributed by atoms with Crippen LogP contribution in [0.25, 0.3) is 0 Å². The van der Waals surface area contributed by atoms with Gasteiger partial charge in [-0.15, -0.1) is 12.4 Å². The molecule has 2 fully saturated rings. The van der Waals surface area contributed by atoms with Crippen molar-refractivity contribution >= 4 is 31.4 Å². The molecule has 0 radical (unpaired) electrons. The predicted octanol–water partition coefficient (Wildman–Crippen LogP) is -0.0482. The molecule has 0 aromatic rings. The van der Waals surface area contributed by atoms with E-state index < -0.39 is 24.7 Å². The molecular weight excluding hydrogens is 360 g/mol. The van der Waals surface area contributed by atoms with Crippen molar-refractivity contribution in [1.29, 1.82) is 0 Å². The molecule has 1 aliphatic carbocycles. The minimum atomic E-state index is -1.41. The first-order chi connectivity index (χ1) is 11.6. The fourth-order valence-corrected chi connectivity index (χ4v) is 4.57. The predicted molar refractivity (Wildman–Crippen MR) is 101 cm³/mol. The van der Waals surface area contributed by atoms with Crippen LogP contribution in [0.15, 0.2) is 0 Å². The van der Waals surface area contributed by atoms with E-state index in [2.05, 4.69) is 0 Å². The number of nitrogens with two attached hydrogens (primary N) is 2. The Balaban J connectivity index is 0.00000338. The van der Waals surface area contributed by atoms with Crippen LogP contribution in [0.2, 0.25) is 6.32 Å². The third-order valence-electron chi connectivity index (χ3n) is 6.02. The molecule has 1 aliphatic heterocycles. The number of amides is 1. The fourth-order valence-electron chi connectivity index (χ4n) is 4.57. The van der Waals surface area contributed by atoms with E-state index in [1.807, 2.05) is 4.90 Å². The van der Waals surface area contributed by atoms with Gasteiger partial charge in [-0.2, -0.15) is 0 Å². The third-order valence-corrected chi connectivity index (χ3v) is 6.02. The van der Waals surface area contributed by atoms with Gasteiger partial charge in [-0.1, -0.05) is 6.42 Å². The van der Waals surface area contributed by atoms with Crippen LogP contribution in [0.1, 0.15) is 51.9 Å². The number of carbonyl (C=O) groups excluding carboxylic acids is 1. The van der Waals surface area contributed by atoms with Gasteiger partial charge in [0.2, 0.25) is 5.91 Å². The van der Waals surface area contributed by atoms with E-state index in [1.54, 1.807) is 6.92 Å². The maximum Gasteiger partial charge on any atom is 0.451 e. The number of rotatable bonds is 6. The van der Waals surface area contributed by atoms with E-state index in [1.165, 1.54) is 0 Å². The van der Waals surface area contributed by atoms with Crippen molar-refractivity contribution in [3.05, 3.63) is 0 Å². The number of halogens is 1. The van der Waals surface area contributed by atoms with Gasteiger partial charge in [0.25, 0.3) is 0 Å². The van der Waals surface area contributed by atoms with Gasteiger partial charge in [0.15, 0.2) is 0 Å². The summed E-state index contributed by atoms with van der Waals surface area (Å²) in [5.41, 5.74) is 10.3. The maximum atomic E-state index is 12.5. The van der Waals surface area contributed by atoms with Crippen molar-refractivity contribution in [3.63, 3.8) is 0 Å². The molecule has 4 atom stereocenters. The molecule has 4 unspecified atom stereocenters. The third kappa shape index (κ3) is 4.51. The minimum Gasteiger partial charge on any atom is -0.480 e. The summed E-state index contributed by atoms with van der Waals surface area (Å²) in [5, 5.41) is 27.7. The van der Waals surface area contributed by atoms with E-state index in [0.717, 1.165) is 12.8 Å². The highest BCUT2D eigenvalue weighted by Crippen LogP contribution is 2.48. The highest BCUT2D eigenvalue weighted by Gasteiger charge is 2.55. The number of carboxylic acid groups (broad SMARTS) is 1. The summed E-state index contributed by atoms with van der Waals surface area (Å²) >= 11 is 0. The van der Waals surface area contributed by atoms with Crippen molar-refractivity contribution < 1.29 is 24.7 Å². The Bertz CT molecular complexity index is 524. The normalized spacial score (nSPS) is 32.2. The van der Waals surface area contributed by atoms with Crippen LogP contribution in [0.5, 0.6) is 0 Å². The fraction of sp³-hybridized carbons (Fsp3) is 0.875. The summed E-state index contributed by atoms with van der Waals surface area (Å²) in [6.45, 7) is 2.31. The second-order valence-electron chi connectivity index (χ2n) is 7.76. The van der Waals surface area contributed by atoms with E-state index >= 15 is 0 Å². The van der Waals surface area contributed by atoms with Crippen molar-refractivity contribution in [2.24, 2.45) is 17.4 Å². The number of carbonyl (C=O) groups is 2. The molecule has 0 aromatic heterocycles. The molecule has 2 rings (SSSR count). The van der Waals surface area contributed by atoms with E-state index in [-0.39, 0.29) is 36.1 Å². The smallest absolute Gasteiger partial charge is 0.451 e. The molecule has 1 saturated carbocycles. The van der Waals surface area contributed by atoms with Gasteiger partial charge in [-0.05, 0) is 57.7 Å². The van der Waals surface area contributed by atoms with Crippen LogP contribution in [0.4, 0.5) is 0 Å². The van der Waals surface area contributed by atoms with Crippen LogP contribution in [-0.2, 0) is 9.59 Å². The first kappa shape index (κ1) is 23.2. The lowest BCUT2D eigenvalue weighted by Crippen LogP contribution is -2.64. The second kappa shape index (κ2) is 8.88. The van der Waals surface area contributed by atoms with Gasteiger partial charge in [0.05, 0.1) is 6.04 Å².